The van der Waals surface area contributed by atoms with Crippen LogP contribution in [0.4, 0.5) is 0 Å². The Morgan fingerprint density at radius 3 is 2.38 bits per heavy atom. The maximum atomic E-state index is 12.5. The molecule has 0 spiro atoms. The summed E-state index contributed by atoms with van der Waals surface area (Å²) in [5, 5.41) is 4.11. The van der Waals surface area contributed by atoms with E-state index in [9.17, 15) is 8.42 Å². The van der Waals surface area contributed by atoms with Gasteiger partial charge >= 0.3 is 0 Å². The van der Waals surface area contributed by atoms with E-state index in [0.29, 0.717) is 12.0 Å². The molecule has 0 aliphatic carbocycles. The lowest BCUT2D eigenvalue weighted by atomic mass is 10.1. The average molecular weight is 314 g/mol. The van der Waals surface area contributed by atoms with Crippen LogP contribution >= 0.6 is 0 Å². The summed E-state index contributed by atoms with van der Waals surface area (Å²) in [6, 6.07) is 0.543. The standard InChI is InChI=1S/C14H26N4O2S/c1-10(2)17-7-12(5)14(9-17)16-21(19,20)13-6-15-18(8-13)11(3)4/h6,8,10-12,14,16H,7,9H2,1-5H3/t12-,14-/m1/s1. The molecule has 1 aromatic rings. The first kappa shape index (κ1) is 16.5. The Balaban J connectivity index is 2.10. The lowest BCUT2D eigenvalue weighted by Gasteiger charge is -2.20. The van der Waals surface area contributed by atoms with Crippen molar-refractivity contribution in [3.05, 3.63) is 12.4 Å². The number of nitrogens with one attached hydrogen (secondary N) is 1. The van der Waals surface area contributed by atoms with Crippen LogP contribution in [0.5, 0.6) is 0 Å². The molecule has 0 amide bonds. The smallest absolute Gasteiger partial charge is 0.243 e. The highest BCUT2D eigenvalue weighted by Gasteiger charge is 2.34. The minimum atomic E-state index is -3.50. The van der Waals surface area contributed by atoms with E-state index in [0.717, 1.165) is 13.1 Å². The van der Waals surface area contributed by atoms with Gasteiger partial charge in [0.05, 0.1) is 6.20 Å². The van der Waals surface area contributed by atoms with E-state index in [1.165, 1.54) is 6.20 Å². The number of hydrogen-bond donors (Lipinski definition) is 1. The first-order valence-corrected chi connectivity index (χ1v) is 8.99. The molecule has 1 aliphatic rings. The number of sulfonamides is 1. The van der Waals surface area contributed by atoms with Crippen LogP contribution in [0.3, 0.4) is 0 Å². The Labute approximate surface area is 127 Å². The van der Waals surface area contributed by atoms with E-state index in [-0.39, 0.29) is 17.0 Å². The van der Waals surface area contributed by atoms with Crippen LogP contribution in [0.15, 0.2) is 17.3 Å². The van der Waals surface area contributed by atoms with Gasteiger partial charge in [0.25, 0.3) is 0 Å². The van der Waals surface area contributed by atoms with Gasteiger partial charge in [-0.25, -0.2) is 13.1 Å². The van der Waals surface area contributed by atoms with E-state index >= 15 is 0 Å². The molecule has 1 saturated heterocycles. The topological polar surface area (TPSA) is 67.2 Å². The van der Waals surface area contributed by atoms with Crippen LogP contribution in [-0.2, 0) is 10.0 Å². The van der Waals surface area contributed by atoms with E-state index in [1.807, 2.05) is 13.8 Å². The van der Waals surface area contributed by atoms with Crippen LogP contribution < -0.4 is 4.72 Å². The molecular formula is C14H26N4O2S. The van der Waals surface area contributed by atoms with Gasteiger partial charge < -0.3 is 0 Å². The van der Waals surface area contributed by atoms with E-state index in [1.54, 1.807) is 10.9 Å². The molecule has 0 radical (unpaired) electrons. The van der Waals surface area contributed by atoms with Crippen LogP contribution in [0.1, 0.15) is 40.7 Å². The predicted molar refractivity (Wildman–Crippen MR) is 82.6 cm³/mol. The van der Waals surface area contributed by atoms with Gasteiger partial charge in [-0.15, -0.1) is 0 Å². The molecule has 0 aromatic carbocycles. The van der Waals surface area contributed by atoms with Crippen molar-refractivity contribution in [3.63, 3.8) is 0 Å². The minimum Gasteiger partial charge on any atom is -0.299 e. The Bertz CT molecular complexity index is 580. The van der Waals surface area contributed by atoms with Gasteiger partial charge in [0.2, 0.25) is 10.0 Å². The maximum Gasteiger partial charge on any atom is 0.243 e. The fourth-order valence-electron chi connectivity index (χ4n) is 2.59. The zero-order valence-corrected chi connectivity index (χ0v) is 14.3. The number of aromatic nitrogens is 2. The van der Waals surface area contributed by atoms with Crippen LogP contribution in [-0.4, -0.2) is 48.3 Å². The summed E-state index contributed by atoms with van der Waals surface area (Å²) in [7, 11) is -3.50. The van der Waals surface area contributed by atoms with Crippen molar-refractivity contribution in [2.45, 2.75) is 57.6 Å². The van der Waals surface area contributed by atoms with Gasteiger partial charge in [-0.2, -0.15) is 5.10 Å². The highest BCUT2D eigenvalue weighted by Crippen LogP contribution is 2.21. The summed E-state index contributed by atoms with van der Waals surface area (Å²) < 4.78 is 29.4. The highest BCUT2D eigenvalue weighted by molar-refractivity contribution is 7.89. The van der Waals surface area contributed by atoms with Crippen molar-refractivity contribution in [3.8, 4) is 0 Å². The van der Waals surface area contributed by atoms with E-state index in [2.05, 4.69) is 35.5 Å². The third-order valence-corrected chi connectivity index (χ3v) is 5.54. The second-order valence-corrected chi connectivity index (χ2v) is 8.22. The third-order valence-electron chi connectivity index (χ3n) is 4.09. The maximum absolute atomic E-state index is 12.5. The fourth-order valence-corrected chi connectivity index (χ4v) is 3.86. The Hall–Kier alpha value is -0.920. The van der Waals surface area contributed by atoms with Crippen LogP contribution in [0.25, 0.3) is 0 Å². The largest absolute Gasteiger partial charge is 0.299 e. The second-order valence-electron chi connectivity index (χ2n) is 6.50. The predicted octanol–water partition coefficient (Wildman–Crippen LogP) is 1.47. The molecule has 0 unspecified atom stereocenters. The summed E-state index contributed by atoms with van der Waals surface area (Å²) in [5.41, 5.74) is 0. The number of rotatable bonds is 5. The molecule has 2 atom stereocenters. The van der Waals surface area contributed by atoms with Crippen LogP contribution in [0.2, 0.25) is 0 Å². The van der Waals surface area contributed by atoms with E-state index < -0.39 is 10.0 Å². The monoisotopic (exact) mass is 314 g/mol. The Morgan fingerprint density at radius 1 is 1.24 bits per heavy atom. The summed E-state index contributed by atoms with van der Waals surface area (Å²) in [4.78, 5) is 2.54. The number of hydrogen-bond acceptors (Lipinski definition) is 4. The molecule has 120 valence electrons. The van der Waals surface area contributed by atoms with Crippen LogP contribution in [0, 0.1) is 5.92 Å². The molecule has 6 nitrogen and oxygen atoms in total. The molecule has 7 heteroatoms. The van der Waals surface area contributed by atoms with Crippen molar-refractivity contribution in [1.82, 2.24) is 19.4 Å². The molecule has 0 saturated carbocycles. The second kappa shape index (κ2) is 6.06. The van der Waals surface area contributed by atoms with Gasteiger partial charge in [-0.3, -0.25) is 9.58 Å². The molecule has 0 bridgehead atoms. The van der Waals surface area contributed by atoms with Gasteiger partial charge in [-0.1, -0.05) is 6.92 Å². The van der Waals surface area contributed by atoms with Crippen molar-refractivity contribution < 1.29 is 8.42 Å². The Kier molecular flexibility index (Phi) is 4.75. The molecule has 2 heterocycles. The first-order valence-electron chi connectivity index (χ1n) is 7.51. The van der Waals surface area contributed by atoms with E-state index in [4.69, 9.17) is 0 Å². The lowest BCUT2D eigenvalue weighted by Crippen LogP contribution is -2.40. The number of nitrogens with zero attached hydrogens (tertiary/aromatic N) is 3. The molecule has 1 aliphatic heterocycles. The molecule has 1 N–H and O–H groups in total. The normalized spacial score (nSPS) is 24.3. The summed E-state index contributed by atoms with van der Waals surface area (Å²) in [5.74, 6) is 0.308. The molecular weight excluding hydrogens is 288 g/mol. The first-order chi connectivity index (χ1) is 9.70. The van der Waals surface area contributed by atoms with Gasteiger partial charge in [0.15, 0.2) is 0 Å². The van der Waals surface area contributed by atoms with Crippen molar-refractivity contribution in [2.75, 3.05) is 13.1 Å². The molecule has 1 aromatic heterocycles. The zero-order valence-electron chi connectivity index (χ0n) is 13.4. The van der Waals surface area contributed by atoms with Gasteiger partial charge in [-0.05, 0) is 33.6 Å². The third kappa shape index (κ3) is 3.64. The molecule has 21 heavy (non-hydrogen) atoms. The SMILES string of the molecule is CC(C)N1C[C@@H](C)[C@H](NS(=O)(=O)c2cnn(C(C)C)c2)C1. The number of likely N-dealkylation sites (tertiary alicyclic amines) is 1. The average Bonchev–Trinajstić information content (AvgIpc) is 2.97. The zero-order chi connectivity index (χ0) is 15.8. The lowest BCUT2D eigenvalue weighted by molar-refractivity contribution is 0.265. The van der Waals surface area contributed by atoms with Gasteiger partial charge in [0.1, 0.15) is 4.90 Å². The highest BCUT2D eigenvalue weighted by atomic mass is 32.2. The summed E-state index contributed by atoms with van der Waals surface area (Å²) in [6.07, 6.45) is 3.01. The molecule has 2 rings (SSSR count). The summed E-state index contributed by atoms with van der Waals surface area (Å²) >= 11 is 0. The molecule has 1 fully saturated rings. The minimum absolute atomic E-state index is 0.0419. The van der Waals surface area contributed by atoms with Crippen molar-refractivity contribution in [1.29, 1.82) is 0 Å². The Morgan fingerprint density at radius 2 is 1.90 bits per heavy atom. The van der Waals surface area contributed by atoms with Crippen molar-refractivity contribution >= 4 is 10.0 Å². The van der Waals surface area contributed by atoms with Gasteiger partial charge in [0, 0.05) is 37.4 Å². The van der Waals surface area contributed by atoms with Crippen molar-refractivity contribution in [2.24, 2.45) is 5.92 Å². The summed E-state index contributed by atoms with van der Waals surface area (Å²) in [6.45, 7) is 12.0. The quantitative estimate of drug-likeness (QED) is 0.894. The fraction of sp³-hybridized carbons (Fsp3) is 0.786.